The Morgan fingerprint density at radius 1 is 1.20 bits per heavy atom. The van der Waals surface area contributed by atoms with Gasteiger partial charge in [-0.1, -0.05) is 6.92 Å². The summed E-state index contributed by atoms with van der Waals surface area (Å²) in [7, 11) is 0. The number of nitrogens with zero attached hydrogens (tertiary/aromatic N) is 3. The van der Waals surface area contributed by atoms with Gasteiger partial charge in [0.2, 0.25) is 0 Å². The van der Waals surface area contributed by atoms with Crippen molar-refractivity contribution < 1.29 is 0 Å². The highest BCUT2D eigenvalue weighted by Gasteiger charge is 2.15. The summed E-state index contributed by atoms with van der Waals surface area (Å²) in [6, 6.07) is 2.22. The molecule has 1 aromatic rings. The molecule has 82 valence electrons. The second-order valence-electron chi connectivity index (χ2n) is 4.14. The summed E-state index contributed by atoms with van der Waals surface area (Å²) >= 11 is 0. The van der Waals surface area contributed by atoms with Crippen LogP contribution in [-0.2, 0) is 0 Å². The average Bonchev–Trinajstić information content (AvgIpc) is 2.29. The van der Waals surface area contributed by atoms with Crippen LogP contribution >= 0.6 is 0 Å². The van der Waals surface area contributed by atoms with Crippen molar-refractivity contribution in [1.29, 1.82) is 0 Å². The Morgan fingerprint density at radius 2 is 1.93 bits per heavy atom. The highest BCUT2D eigenvalue weighted by atomic mass is 15.3. The fraction of sp³-hybridized carbons (Fsp3) is 0.583. The van der Waals surface area contributed by atoms with Crippen molar-refractivity contribution in [2.45, 2.75) is 13.8 Å². The number of pyridine rings is 1. The van der Waals surface area contributed by atoms with E-state index in [1.54, 1.807) is 0 Å². The first-order valence-corrected chi connectivity index (χ1v) is 5.68. The van der Waals surface area contributed by atoms with E-state index in [0.717, 1.165) is 13.1 Å². The standard InChI is InChI=1S/C12H19N3/c1-3-14-4-6-15(7-5-14)12-8-11(2)9-13-10-12/h8-10H,3-7H2,1-2H3. The molecule has 1 saturated heterocycles. The lowest BCUT2D eigenvalue weighted by Crippen LogP contribution is -2.46. The number of likely N-dealkylation sites (N-methyl/N-ethyl adjacent to an activating group) is 1. The smallest absolute Gasteiger partial charge is 0.0556 e. The van der Waals surface area contributed by atoms with Crippen LogP contribution in [0.4, 0.5) is 5.69 Å². The minimum Gasteiger partial charge on any atom is -0.368 e. The Kier molecular flexibility index (Phi) is 3.21. The van der Waals surface area contributed by atoms with Crippen molar-refractivity contribution in [3.05, 3.63) is 24.0 Å². The number of rotatable bonds is 2. The van der Waals surface area contributed by atoms with E-state index in [0.29, 0.717) is 0 Å². The minimum absolute atomic E-state index is 1.12. The van der Waals surface area contributed by atoms with Gasteiger partial charge in [-0.2, -0.15) is 0 Å². The number of piperazine rings is 1. The second-order valence-corrected chi connectivity index (χ2v) is 4.14. The van der Waals surface area contributed by atoms with Gasteiger partial charge >= 0.3 is 0 Å². The van der Waals surface area contributed by atoms with E-state index in [1.807, 2.05) is 12.4 Å². The molecule has 3 heteroatoms. The molecule has 15 heavy (non-hydrogen) atoms. The molecule has 1 aliphatic heterocycles. The van der Waals surface area contributed by atoms with E-state index in [2.05, 4.69) is 34.7 Å². The molecule has 0 atom stereocenters. The predicted octanol–water partition coefficient (Wildman–Crippen LogP) is 1.53. The Bertz CT molecular complexity index is 316. The van der Waals surface area contributed by atoms with Crippen LogP contribution in [0.15, 0.2) is 18.5 Å². The zero-order chi connectivity index (χ0) is 10.7. The SMILES string of the molecule is CCN1CCN(c2cncc(C)c2)CC1. The summed E-state index contributed by atoms with van der Waals surface area (Å²) in [6.45, 7) is 10.1. The Hall–Kier alpha value is -1.09. The fourth-order valence-electron chi connectivity index (χ4n) is 2.03. The molecule has 0 N–H and O–H groups in total. The molecule has 1 fully saturated rings. The molecule has 1 aliphatic rings. The van der Waals surface area contributed by atoms with Crippen LogP contribution in [0.2, 0.25) is 0 Å². The van der Waals surface area contributed by atoms with Gasteiger partial charge in [-0.25, -0.2) is 0 Å². The maximum absolute atomic E-state index is 4.24. The molecule has 0 aliphatic carbocycles. The molecule has 0 aromatic carbocycles. The van der Waals surface area contributed by atoms with Crippen molar-refractivity contribution >= 4 is 5.69 Å². The zero-order valence-corrected chi connectivity index (χ0v) is 9.61. The van der Waals surface area contributed by atoms with Gasteiger partial charge in [0.1, 0.15) is 0 Å². The predicted molar refractivity (Wildman–Crippen MR) is 63.3 cm³/mol. The number of hydrogen-bond donors (Lipinski definition) is 0. The highest BCUT2D eigenvalue weighted by molar-refractivity contribution is 5.46. The minimum atomic E-state index is 1.12. The van der Waals surface area contributed by atoms with E-state index in [4.69, 9.17) is 0 Å². The lowest BCUT2D eigenvalue weighted by molar-refractivity contribution is 0.271. The first kappa shape index (κ1) is 10.4. The van der Waals surface area contributed by atoms with Crippen molar-refractivity contribution in [3.8, 4) is 0 Å². The monoisotopic (exact) mass is 205 g/mol. The number of aryl methyl sites for hydroxylation is 1. The topological polar surface area (TPSA) is 19.4 Å². The molecule has 2 rings (SSSR count). The summed E-state index contributed by atoms with van der Waals surface area (Å²) < 4.78 is 0. The van der Waals surface area contributed by atoms with Crippen molar-refractivity contribution in [2.75, 3.05) is 37.6 Å². The summed E-state index contributed by atoms with van der Waals surface area (Å²) in [5.74, 6) is 0. The molecule has 3 nitrogen and oxygen atoms in total. The van der Waals surface area contributed by atoms with Gasteiger partial charge in [0.15, 0.2) is 0 Å². The summed E-state index contributed by atoms with van der Waals surface area (Å²) in [4.78, 5) is 9.15. The second kappa shape index (κ2) is 4.62. The van der Waals surface area contributed by atoms with Gasteiger partial charge in [-0.3, -0.25) is 4.98 Å². The molecular formula is C12H19N3. The van der Waals surface area contributed by atoms with Gasteiger partial charge in [-0.05, 0) is 25.1 Å². The van der Waals surface area contributed by atoms with Gasteiger partial charge in [0.05, 0.1) is 11.9 Å². The van der Waals surface area contributed by atoms with Gasteiger partial charge in [0, 0.05) is 32.4 Å². The third-order valence-corrected chi connectivity index (χ3v) is 3.05. The largest absolute Gasteiger partial charge is 0.368 e. The van der Waals surface area contributed by atoms with Crippen LogP contribution in [0.1, 0.15) is 12.5 Å². The number of anilines is 1. The van der Waals surface area contributed by atoms with E-state index >= 15 is 0 Å². The van der Waals surface area contributed by atoms with Gasteiger partial charge in [-0.15, -0.1) is 0 Å². The molecule has 0 bridgehead atoms. The Morgan fingerprint density at radius 3 is 2.53 bits per heavy atom. The number of aromatic nitrogens is 1. The van der Waals surface area contributed by atoms with E-state index < -0.39 is 0 Å². The first-order chi connectivity index (χ1) is 7.29. The molecule has 2 heterocycles. The molecule has 0 amide bonds. The quantitative estimate of drug-likeness (QED) is 0.730. The molecule has 0 radical (unpaired) electrons. The Balaban J connectivity index is 2.01. The maximum Gasteiger partial charge on any atom is 0.0556 e. The maximum atomic E-state index is 4.24. The van der Waals surface area contributed by atoms with Gasteiger partial charge < -0.3 is 9.80 Å². The van der Waals surface area contributed by atoms with Crippen LogP contribution in [0.5, 0.6) is 0 Å². The lowest BCUT2D eigenvalue weighted by Gasteiger charge is -2.35. The third-order valence-electron chi connectivity index (χ3n) is 3.05. The van der Waals surface area contributed by atoms with Crippen LogP contribution in [0.25, 0.3) is 0 Å². The van der Waals surface area contributed by atoms with Crippen LogP contribution in [0, 0.1) is 6.92 Å². The van der Waals surface area contributed by atoms with Crippen LogP contribution in [0.3, 0.4) is 0 Å². The first-order valence-electron chi connectivity index (χ1n) is 5.68. The summed E-state index contributed by atoms with van der Waals surface area (Å²) in [6.07, 6.45) is 3.88. The fourth-order valence-corrected chi connectivity index (χ4v) is 2.03. The molecule has 0 saturated carbocycles. The van der Waals surface area contributed by atoms with Crippen molar-refractivity contribution in [3.63, 3.8) is 0 Å². The molecule has 0 spiro atoms. The summed E-state index contributed by atoms with van der Waals surface area (Å²) in [5, 5.41) is 0. The molecule has 0 unspecified atom stereocenters. The molecule has 1 aromatic heterocycles. The van der Waals surface area contributed by atoms with E-state index in [9.17, 15) is 0 Å². The van der Waals surface area contributed by atoms with Gasteiger partial charge in [0.25, 0.3) is 0 Å². The van der Waals surface area contributed by atoms with Crippen molar-refractivity contribution in [1.82, 2.24) is 9.88 Å². The highest BCUT2D eigenvalue weighted by Crippen LogP contribution is 2.15. The normalized spacial score (nSPS) is 18.1. The molecular weight excluding hydrogens is 186 g/mol. The van der Waals surface area contributed by atoms with E-state index in [1.165, 1.54) is 30.9 Å². The Labute approximate surface area is 91.7 Å². The van der Waals surface area contributed by atoms with Crippen LogP contribution < -0.4 is 4.90 Å². The summed E-state index contributed by atoms with van der Waals surface area (Å²) in [5.41, 5.74) is 2.51. The van der Waals surface area contributed by atoms with Crippen molar-refractivity contribution in [2.24, 2.45) is 0 Å². The lowest BCUT2D eigenvalue weighted by atomic mass is 10.2. The van der Waals surface area contributed by atoms with Crippen LogP contribution in [-0.4, -0.2) is 42.6 Å². The van der Waals surface area contributed by atoms with E-state index in [-0.39, 0.29) is 0 Å². The number of hydrogen-bond acceptors (Lipinski definition) is 3. The third kappa shape index (κ3) is 2.48. The average molecular weight is 205 g/mol. The zero-order valence-electron chi connectivity index (χ0n) is 9.61.